The lowest BCUT2D eigenvalue weighted by Gasteiger charge is -2.27. The highest BCUT2D eigenvalue weighted by Crippen LogP contribution is 2.13. The molecule has 0 aliphatic rings. The zero-order chi connectivity index (χ0) is 19.7. The number of Topliss-reactive ketones (excluding diaryl/α,β-unsaturated/α-hetero) is 1. The summed E-state index contributed by atoms with van der Waals surface area (Å²) in [5.41, 5.74) is 0. The third kappa shape index (κ3) is 8.38. The maximum Gasteiger partial charge on any atom is 0.303 e. The molecule has 0 aliphatic heterocycles. The van der Waals surface area contributed by atoms with Crippen molar-refractivity contribution in [3.8, 4) is 0 Å². The van der Waals surface area contributed by atoms with Crippen LogP contribution < -0.4 is 10.6 Å². The first-order chi connectivity index (χ1) is 11.5. The summed E-state index contributed by atoms with van der Waals surface area (Å²) in [4.78, 5) is 47.2. The number of rotatable bonds is 11. The van der Waals surface area contributed by atoms with Gasteiger partial charge in [0, 0.05) is 17.6 Å². The SMILES string of the molecule is CCC(C)[C@H](NC(=O)C(C)[C@H](C)S)C(=O)N[C@@H](CCC(=O)O)C(C)=O. The maximum absolute atomic E-state index is 12.6. The van der Waals surface area contributed by atoms with E-state index in [1.54, 1.807) is 13.8 Å². The molecule has 0 bridgehead atoms. The van der Waals surface area contributed by atoms with E-state index in [1.807, 2.05) is 13.8 Å². The fourth-order valence-electron chi connectivity index (χ4n) is 2.11. The third-order valence-corrected chi connectivity index (χ3v) is 4.83. The van der Waals surface area contributed by atoms with Gasteiger partial charge in [-0.25, -0.2) is 0 Å². The highest BCUT2D eigenvalue weighted by atomic mass is 32.1. The molecule has 0 aromatic carbocycles. The number of hydrogen-bond acceptors (Lipinski definition) is 5. The van der Waals surface area contributed by atoms with E-state index in [2.05, 4.69) is 23.3 Å². The van der Waals surface area contributed by atoms with Crippen molar-refractivity contribution in [2.24, 2.45) is 11.8 Å². The normalized spacial score (nSPS) is 16.9. The monoisotopic (exact) mass is 374 g/mol. The van der Waals surface area contributed by atoms with Gasteiger partial charge in [0.15, 0.2) is 5.78 Å². The van der Waals surface area contributed by atoms with E-state index in [0.717, 1.165) is 0 Å². The first kappa shape index (κ1) is 23.4. The highest BCUT2D eigenvalue weighted by molar-refractivity contribution is 7.81. The fourth-order valence-corrected chi connectivity index (χ4v) is 2.25. The minimum absolute atomic E-state index is 0.0155. The molecule has 2 amide bonds. The molecule has 0 saturated heterocycles. The number of carboxylic acid groups (broad SMARTS) is 1. The first-order valence-corrected chi connectivity index (χ1v) is 9.03. The second kappa shape index (κ2) is 11.1. The van der Waals surface area contributed by atoms with Crippen LogP contribution in [0.5, 0.6) is 0 Å². The predicted molar refractivity (Wildman–Crippen MR) is 98.5 cm³/mol. The molecule has 0 spiro atoms. The number of aliphatic carboxylic acids is 1. The highest BCUT2D eigenvalue weighted by Gasteiger charge is 2.30. The molecule has 0 aromatic heterocycles. The van der Waals surface area contributed by atoms with E-state index in [0.29, 0.717) is 6.42 Å². The van der Waals surface area contributed by atoms with Gasteiger partial charge < -0.3 is 15.7 Å². The van der Waals surface area contributed by atoms with Crippen molar-refractivity contribution in [3.05, 3.63) is 0 Å². The lowest BCUT2D eigenvalue weighted by atomic mass is 9.96. The summed E-state index contributed by atoms with van der Waals surface area (Å²) in [6.07, 6.45) is 0.448. The molecule has 0 aliphatic carbocycles. The van der Waals surface area contributed by atoms with Gasteiger partial charge in [0.2, 0.25) is 11.8 Å². The van der Waals surface area contributed by atoms with Crippen LogP contribution in [0.3, 0.4) is 0 Å². The van der Waals surface area contributed by atoms with E-state index in [1.165, 1.54) is 6.92 Å². The molecule has 25 heavy (non-hydrogen) atoms. The van der Waals surface area contributed by atoms with E-state index in [9.17, 15) is 19.2 Å². The maximum atomic E-state index is 12.6. The molecule has 0 heterocycles. The van der Waals surface area contributed by atoms with Crippen molar-refractivity contribution in [1.29, 1.82) is 0 Å². The standard InChI is InChI=1S/C17H30N2O5S/c1-6-9(2)15(19-16(23)10(3)12(5)25)17(24)18-13(11(4)20)7-8-14(21)22/h9-10,12-13,15,25H,6-8H2,1-5H3,(H,18,24)(H,19,23)(H,21,22)/t9?,10?,12-,13-,15-/m0/s1. The molecule has 0 radical (unpaired) electrons. The van der Waals surface area contributed by atoms with E-state index >= 15 is 0 Å². The van der Waals surface area contributed by atoms with Gasteiger partial charge in [-0.3, -0.25) is 19.2 Å². The van der Waals surface area contributed by atoms with Gasteiger partial charge in [-0.1, -0.05) is 34.1 Å². The average Bonchev–Trinajstić information content (AvgIpc) is 2.53. The number of carboxylic acids is 1. The molecule has 0 fully saturated rings. The van der Waals surface area contributed by atoms with Crippen LogP contribution in [0.2, 0.25) is 0 Å². The summed E-state index contributed by atoms with van der Waals surface area (Å²) in [6.45, 7) is 8.55. The largest absolute Gasteiger partial charge is 0.481 e. The summed E-state index contributed by atoms with van der Waals surface area (Å²) in [5, 5.41) is 13.9. The minimum atomic E-state index is -1.04. The smallest absolute Gasteiger partial charge is 0.303 e. The summed E-state index contributed by atoms with van der Waals surface area (Å²) in [7, 11) is 0. The quantitative estimate of drug-likeness (QED) is 0.409. The van der Waals surface area contributed by atoms with Crippen LogP contribution in [0.1, 0.15) is 53.9 Å². The van der Waals surface area contributed by atoms with Crippen LogP contribution in [0.15, 0.2) is 0 Å². The van der Waals surface area contributed by atoms with Crippen LogP contribution >= 0.6 is 12.6 Å². The molecular weight excluding hydrogens is 344 g/mol. The number of ketones is 1. The Morgan fingerprint density at radius 3 is 2.00 bits per heavy atom. The summed E-state index contributed by atoms with van der Waals surface area (Å²) in [6, 6.07) is -1.67. The average molecular weight is 375 g/mol. The molecule has 3 N–H and O–H groups in total. The van der Waals surface area contributed by atoms with Crippen molar-refractivity contribution in [2.75, 3.05) is 0 Å². The number of amides is 2. The van der Waals surface area contributed by atoms with Crippen LogP contribution in [-0.4, -0.2) is 46.0 Å². The molecule has 8 heteroatoms. The number of hydrogen-bond donors (Lipinski definition) is 4. The second-order valence-corrected chi connectivity index (χ2v) is 7.32. The Bertz CT molecular complexity index is 495. The topological polar surface area (TPSA) is 113 Å². The Morgan fingerprint density at radius 1 is 1.04 bits per heavy atom. The predicted octanol–water partition coefficient (Wildman–Crippen LogP) is 1.41. The van der Waals surface area contributed by atoms with Gasteiger partial charge >= 0.3 is 5.97 Å². The van der Waals surface area contributed by atoms with Crippen molar-refractivity contribution in [1.82, 2.24) is 10.6 Å². The number of nitrogens with one attached hydrogen (secondary N) is 2. The summed E-state index contributed by atoms with van der Waals surface area (Å²) in [5.74, 6) is -2.64. The molecular formula is C17H30N2O5S. The van der Waals surface area contributed by atoms with Gasteiger partial charge in [-0.05, 0) is 19.3 Å². The molecule has 2 unspecified atom stereocenters. The minimum Gasteiger partial charge on any atom is -0.481 e. The lowest BCUT2D eigenvalue weighted by Crippen LogP contribution is -2.55. The number of thiol groups is 1. The van der Waals surface area contributed by atoms with Gasteiger partial charge in [0.05, 0.1) is 6.04 Å². The molecule has 5 atom stereocenters. The molecule has 0 aromatic rings. The van der Waals surface area contributed by atoms with Crippen molar-refractivity contribution in [2.45, 2.75) is 71.2 Å². The van der Waals surface area contributed by atoms with E-state index < -0.39 is 24.0 Å². The Hall–Kier alpha value is -1.57. The second-order valence-electron chi connectivity index (χ2n) is 6.51. The van der Waals surface area contributed by atoms with Crippen LogP contribution in [0.4, 0.5) is 0 Å². The summed E-state index contributed by atoms with van der Waals surface area (Å²) < 4.78 is 0. The van der Waals surface area contributed by atoms with E-state index in [4.69, 9.17) is 5.11 Å². The van der Waals surface area contributed by atoms with Crippen LogP contribution in [0, 0.1) is 11.8 Å². The zero-order valence-corrected chi connectivity index (χ0v) is 16.4. The number of carbonyl (C=O) groups is 4. The Kier molecular flexibility index (Phi) is 10.4. The molecule has 7 nitrogen and oxygen atoms in total. The van der Waals surface area contributed by atoms with E-state index in [-0.39, 0.29) is 41.6 Å². The molecule has 0 saturated carbocycles. The third-order valence-electron chi connectivity index (χ3n) is 4.38. The molecule has 144 valence electrons. The van der Waals surface area contributed by atoms with Crippen molar-refractivity contribution < 1.29 is 24.3 Å². The van der Waals surface area contributed by atoms with Gasteiger partial charge in [-0.15, -0.1) is 0 Å². The fraction of sp³-hybridized carbons (Fsp3) is 0.765. The number of carbonyl (C=O) groups excluding carboxylic acids is 3. The Labute approximate surface area is 154 Å². The summed E-state index contributed by atoms with van der Waals surface area (Å²) >= 11 is 4.25. The Balaban J connectivity index is 5.12. The van der Waals surface area contributed by atoms with Crippen LogP contribution in [-0.2, 0) is 19.2 Å². The van der Waals surface area contributed by atoms with Crippen LogP contribution in [0.25, 0.3) is 0 Å². The molecule has 0 rings (SSSR count). The van der Waals surface area contributed by atoms with Gasteiger partial charge in [0.25, 0.3) is 0 Å². The lowest BCUT2D eigenvalue weighted by molar-refractivity contribution is -0.138. The Morgan fingerprint density at radius 2 is 1.60 bits per heavy atom. The first-order valence-electron chi connectivity index (χ1n) is 8.52. The van der Waals surface area contributed by atoms with Gasteiger partial charge in [0.1, 0.15) is 6.04 Å². The zero-order valence-electron chi connectivity index (χ0n) is 15.5. The van der Waals surface area contributed by atoms with Crippen molar-refractivity contribution >= 4 is 36.2 Å². The van der Waals surface area contributed by atoms with Gasteiger partial charge in [-0.2, -0.15) is 12.6 Å². The van der Waals surface area contributed by atoms with Crippen molar-refractivity contribution in [3.63, 3.8) is 0 Å².